The van der Waals surface area contributed by atoms with Gasteiger partial charge in [0.05, 0.1) is 24.2 Å². The SMILES string of the molecule is CN1CCOC(N(c2cnn(C)c2)S(=O)(=O)[NH+]([O-])C(=O)Nc2c3c(cc4c2CCC4)CCC3)C1. The monoisotopic (exact) mass is 490 g/mol. The van der Waals surface area contributed by atoms with Crippen molar-refractivity contribution in [3.63, 3.8) is 0 Å². The van der Waals surface area contributed by atoms with Crippen LogP contribution in [0.2, 0.25) is 0 Å². The second-order valence-electron chi connectivity index (χ2n) is 9.24. The zero-order valence-electron chi connectivity index (χ0n) is 19.4. The molecule has 1 fully saturated rings. The summed E-state index contributed by atoms with van der Waals surface area (Å²) in [5.41, 5.74) is 5.23. The van der Waals surface area contributed by atoms with Crippen LogP contribution in [0, 0.1) is 5.21 Å². The minimum absolute atomic E-state index is 0.172. The molecule has 2 N–H and O–H groups in total. The van der Waals surface area contributed by atoms with Crippen LogP contribution >= 0.6 is 0 Å². The lowest BCUT2D eigenvalue weighted by atomic mass is 9.99. The van der Waals surface area contributed by atoms with Gasteiger partial charge in [-0.25, -0.2) is 4.79 Å². The minimum Gasteiger partial charge on any atom is -0.608 e. The number of nitrogens with one attached hydrogen (secondary N) is 2. The predicted octanol–water partition coefficient (Wildman–Crippen LogP) is 0.352. The number of hydroxylamine groups is 1. The number of hydrogen-bond donors (Lipinski definition) is 2. The minimum atomic E-state index is -4.73. The summed E-state index contributed by atoms with van der Waals surface area (Å²) in [5.74, 6) is 0. The zero-order valence-corrected chi connectivity index (χ0v) is 20.2. The fourth-order valence-corrected chi connectivity index (χ4v) is 6.49. The Hall–Kier alpha value is -2.51. The lowest BCUT2D eigenvalue weighted by molar-refractivity contribution is -0.604. The van der Waals surface area contributed by atoms with Crippen molar-refractivity contribution in [2.24, 2.45) is 7.05 Å². The van der Waals surface area contributed by atoms with Crippen LogP contribution in [0.5, 0.6) is 0 Å². The molecule has 1 aliphatic heterocycles. The van der Waals surface area contributed by atoms with E-state index >= 15 is 0 Å². The smallest absolute Gasteiger partial charge is 0.436 e. The second kappa shape index (κ2) is 8.93. The van der Waals surface area contributed by atoms with Gasteiger partial charge in [-0.2, -0.15) is 22.3 Å². The number of nitrogens with zero attached hydrogens (tertiary/aromatic N) is 4. The number of urea groups is 1. The van der Waals surface area contributed by atoms with Crippen LogP contribution in [0.25, 0.3) is 0 Å². The highest BCUT2D eigenvalue weighted by molar-refractivity contribution is 7.86. The van der Waals surface area contributed by atoms with Crippen LogP contribution < -0.4 is 14.1 Å². The number of quaternary nitrogens is 1. The second-order valence-corrected chi connectivity index (χ2v) is 11.0. The maximum absolute atomic E-state index is 13.5. The number of morpholine rings is 1. The number of aromatic nitrogens is 2. The lowest BCUT2D eigenvalue weighted by Gasteiger charge is -2.38. The van der Waals surface area contributed by atoms with Gasteiger partial charge in [0.2, 0.25) is 0 Å². The Labute approximate surface area is 199 Å². The Morgan fingerprint density at radius 3 is 2.47 bits per heavy atom. The van der Waals surface area contributed by atoms with Crippen molar-refractivity contribution in [3.05, 3.63) is 45.9 Å². The van der Waals surface area contributed by atoms with Gasteiger partial charge in [-0.05, 0) is 67.8 Å². The first-order valence-electron chi connectivity index (χ1n) is 11.6. The molecule has 2 aliphatic carbocycles. The van der Waals surface area contributed by atoms with Crippen LogP contribution in [0.4, 0.5) is 16.2 Å². The highest BCUT2D eigenvalue weighted by atomic mass is 32.2. The molecule has 34 heavy (non-hydrogen) atoms. The zero-order chi connectivity index (χ0) is 24.0. The molecule has 184 valence electrons. The molecule has 0 saturated carbocycles. The van der Waals surface area contributed by atoms with E-state index in [1.807, 2.05) is 11.9 Å². The largest absolute Gasteiger partial charge is 0.608 e. The Balaban J connectivity index is 1.46. The molecule has 2 atom stereocenters. The number of aryl methyl sites for hydroxylation is 3. The van der Waals surface area contributed by atoms with Crippen molar-refractivity contribution in [3.8, 4) is 0 Å². The van der Waals surface area contributed by atoms with Gasteiger partial charge in [-0.15, -0.1) is 0 Å². The number of fused-ring (bicyclic) bond motifs is 2. The molecule has 3 aliphatic rings. The van der Waals surface area contributed by atoms with Crippen molar-refractivity contribution in [1.29, 1.82) is 0 Å². The number of anilines is 2. The summed E-state index contributed by atoms with van der Waals surface area (Å²) in [7, 11) is -1.25. The molecule has 2 unspecified atom stereocenters. The molecular formula is C22H30N6O5S. The standard InChI is InChI=1S/C22H30N6O5S/c1-25-9-10-33-20(14-25)27(17-12-23-26(2)13-17)34(31,32)28(30)22(29)24-21-18-7-3-5-15(18)11-16-6-4-8-19(16)21/h11-13,20,28H,3-10,14H2,1-2H3,(H,24,29). The van der Waals surface area contributed by atoms with E-state index in [0.717, 1.165) is 54.0 Å². The Morgan fingerprint density at radius 2 is 1.88 bits per heavy atom. The number of amides is 2. The van der Waals surface area contributed by atoms with Gasteiger partial charge < -0.3 is 9.94 Å². The molecule has 5 rings (SSSR count). The highest BCUT2D eigenvalue weighted by Gasteiger charge is 2.42. The lowest BCUT2D eigenvalue weighted by Crippen LogP contribution is -3.14. The maximum Gasteiger partial charge on any atom is 0.436 e. The molecule has 2 amide bonds. The van der Waals surface area contributed by atoms with Crippen LogP contribution in [0.15, 0.2) is 18.5 Å². The van der Waals surface area contributed by atoms with E-state index in [2.05, 4.69) is 16.5 Å². The summed E-state index contributed by atoms with van der Waals surface area (Å²) in [4.78, 5) is 15.0. The Kier molecular flexibility index (Phi) is 6.10. The van der Waals surface area contributed by atoms with Gasteiger partial charge in [0, 0.05) is 26.3 Å². The third-order valence-electron chi connectivity index (χ3n) is 6.85. The molecule has 11 nitrogen and oxygen atoms in total. The predicted molar refractivity (Wildman–Crippen MR) is 126 cm³/mol. The third-order valence-corrected chi connectivity index (χ3v) is 8.47. The first kappa shape index (κ1) is 23.2. The van der Waals surface area contributed by atoms with Gasteiger partial charge in [0.15, 0.2) is 6.23 Å². The number of carbonyl (C=O) groups excluding carboxylic acids is 1. The summed E-state index contributed by atoms with van der Waals surface area (Å²) < 4.78 is 33.6. The summed E-state index contributed by atoms with van der Waals surface area (Å²) in [6.45, 7) is 1.19. The van der Waals surface area contributed by atoms with Gasteiger partial charge in [-0.3, -0.25) is 14.9 Å². The first-order chi connectivity index (χ1) is 16.3. The molecule has 1 aromatic heterocycles. The first-order valence-corrected chi connectivity index (χ1v) is 13.0. The van der Waals surface area contributed by atoms with Gasteiger partial charge >= 0.3 is 16.2 Å². The molecule has 12 heteroatoms. The number of rotatable bonds is 5. The van der Waals surface area contributed by atoms with Crippen LogP contribution in [-0.2, 0) is 47.7 Å². The van der Waals surface area contributed by atoms with Gasteiger partial charge in [0.1, 0.15) is 0 Å². The summed E-state index contributed by atoms with van der Waals surface area (Å²) in [5, 5.41) is 19.9. The number of benzene rings is 1. The normalized spacial score (nSPS) is 21.2. The van der Waals surface area contributed by atoms with E-state index in [0.29, 0.717) is 18.8 Å². The molecule has 1 saturated heterocycles. The molecule has 2 aromatic rings. The van der Waals surface area contributed by atoms with Crippen LogP contribution in [-0.4, -0.2) is 62.1 Å². The maximum atomic E-state index is 13.5. The number of likely N-dealkylation sites (N-methyl/N-ethyl adjacent to an activating group) is 1. The van der Waals surface area contributed by atoms with Crippen LogP contribution in [0.1, 0.15) is 35.1 Å². The van der Waals surface area contributed by atoms with E-state index < -0.39 is 26.9 Å². The van der Waals surface area contributed by atoms with Crippen LogP contribution in [0.3, 0.4) is 0 Å². The van der Waals surface area contributed by atoms with E-state index in [4.69, 9.17) is 4.74 Å². The van der Waals surface area contributed by atoms with Crippen molar-refractivity contribution in [1.82, 2.24) is 14.7 Å². The van der Waals surface area contributed by atoms with Crippen molar-refractivity contribution in [2.45, 2.75) is 44.8 Å². The Morgan fingerprint density at radius 1 is 1.21 bits per heavy atom. The molecular weight excluding hydrogens is 460 g/mol. The summed E-state index contributed by atoms with van der Waals surface area (Å²) in [6, 6.07) is 1.06. The van der Waals surface area contributed by atoms with E-state index in [-0.39, 0.29) is 12.2 Å². The van der Waals surface area contributed by atoms with E-state index in [9.17, 15) is 18.4 Å². The molecule has 1 aromatic carbocycles. The summed E-state index contributed by atoms with van der Waals surface area (Å²) in [6.07, 6.45) is 7.32. The number of hydrogen-bond acceptors (Lipinski definition) is 7. The summed E-state index contributed by atoms with van der Waals surface area (Å²) >= 11 is 0. The van der Waals surface area contributed by atoms with E-state index in [1.165, 1.54) is 28.2 Å². The fourth-order valence-electron chi connectivity index (χ4n) is 5.22. The molecule has 0 spiro atoms. The average Bonchev–Trinajstić information content (AvgIpc) is 3.54. The van der Waals surface area contributed by atoms with E-state index in [1.54, 1.807) is 7.05 Å². The molecule has 2 heterocycles. The molecule has 0 bridgehead atoms. The fraction of sp³-hybridized carbons (Fsp3) is 0.545. The number of carbonyl (C=O) groups is 1. The third kappa shape index (κ3) is 4.09. The number of ether oxygens (including phenoxy) is 1. The topological polar surface area (TPSA) is 124 Å². The average molecular weight is 491 g/mol. The Bertz CT molecular complexity index is 1180. The molecule has 0 radical (unpaired) electrons. The quantitative estimate of drug-likeness (QED) is 0.580. The highest BCUT2D eigenvalue weighted by Crippen LogP contribution is 2.38. The van der Waals surface area contributed by atoms with Crippen molar-refractivity contribution in [2.75, 3.05) is 36.4 Å². The van der Waals surface area contributed by atoms with Crippen molar-refractivity contribution < 1.29 is 22.4 Å². The van der Waals surface area contributed by atoms with Crippen molar-refractivity contribution >= 4 is 27.6 Å². The van der Waals surface area contributed by atoms with Gasteiger partial charge in [0.25, 0.3) is 0 Å². The van der Waals surface area contributed by atoms with Gasteiger partial charge in [-0.1, -0.05) is 6.07 Å².